The predicted octanol–water partition coefficient (Wildman–Crippen LogP) is -0.626. The van der Waals surface area contributed by atoms with E-state index in [0.717, 1.165) is 17.9 Å². The average molecular weight is 204 g/mol. The molecule has 0 aromatic heterocycles. The Kier molecular flexibility index (Phi) is 3.69. The van der Waals surface area contributed by atoms with Crippen LogP contribution in [0.25, 0.3) is 0 Å². The summed E-state index contributed by atoms with van der Waals surface area (Å²) in [5.74, 6) is 1.98. The number of hydrazine groups is 1. The summed E-state index contributed by atoms with van der Waals surface area (Å²) < 4.78 is 0. The van der Waals surface area contributed by atoms with Crippen molar-refractivity contribution in [3.8, 4) is 0 Å². The van der Waals surface area contributed by atoms with Crippen LogP contribution in [0, 0.1) is 0 Å². The zero-order valence-corrected chi connectivity index (χ0v) is 7.82. The van der Waals surface area contributed by atoms with Crippen LogP contribution in [0.3, 0.4) is 0 Å². The fourth-order valence-electron chi connectivity index (χ4n) is 0.988. The molecular weight excluding hydrogens is 192 g/mol. The normalized spacial score (nSPS) is 20.8. The smallest absolute Gasteiger partial charge is 0.333 e. The lowest BCUT2D eigenvalue weighted by atomic mass is 10.3. The van der Waals surface area contributed by atoms with Gasteiger partial charge in [0, 0.05) is 11.8 Å². The van der Waals surface area contributed by atoms with Crippen LogP contribution in [-0.4, -0.2) is 29.6 Å². The molecule has 5 N–H and O–H groups in total. The van der Waals surface area contributed by atoms with Crippen LogP contribution in [0.15, 0.2) is 0 Å². The molecule has 7 heteroatoms. The quantitative estimate of drug-likeness (QED) is 0.428. The molecule has 0 bridgehead atoms. The number of rotatable bonds is 1. The van der Waals surface area contributed by atoms with Crippen molar-refractivity contribution in [1.82, 2.24) is 16.2 Å². The first-order valence-electron chi connectivity index (χ1n) is 3.88. The summed E-state index contributed by atoms with van der Waals surface area (Å²) in [5, 5.41) is 2.69. The van der Waals surface area contributed by atoms with Gasteiger partial charge in [-0.2, -0.15) is 11.8 Å². The predicted molar refractivity (Wildman–Crippen MR) is 50.1 cm³/mol. The SMILES string of the molecule is NC(=O)NNC(=O)NC1CCSC1. The van der Waals surface area contributed by atoms with Crippen LogP contribution in [0.1, 0.15) is 6.42 Å². The Morgan fingerprint density at radius 3 is 2.69 bits per heavy atom. The van der Waals surface area contributed by atoms with E-state index in [1.54, 1.807) is 11.8 Å². The second-order valence-corrected chi connectivity index (χ2v) is 3.80. The Morgan fingerprint density at radius 2 is 2.15 bits per heavy atom. The molecular formula is C6H12N4O2S. The lowest BCUT2D eigenvalue weighted by molar-refractivity contribution is 0.226. The van der Waals surface area contributed by atoms with Gasteiger partial charge in [0.2, 0.25) is 0 Å². The number of thioether (sulfide) groups is 1. The maximum absolute atomic E-state index is 11.0. The highest BCUT2D eigenvalue weighted by Gasteiger charge is 2.17. The lowest BCUT2D eigenvalue weighted by Gasteiger charge is -2.11. The second kappa shape index (κ2) is 4.80. The Bertz CT molecular complexity index is 205. The first-order valence-corrected chi connectivity index (χ1v) is 5.03. The van der Waals surface area contributed by atoms with Crippen LogP contribution in [0.4, 0.5) is 9.59 Å². The van der Waals surface area contributed by atoms with Crippen molar-refractivity contribution in [2.45, 2.75) is 12.5 Å². The number of hydrogen-bond acceptors (Lipinski definition) is 3. The van der Waals surface area contributed by atoms with E-state index < -0.39 is 12.1 Å². The molecule has 1 atom stereocenters. The van der Waals surface area contributed by atoms with E-state index in [2.05, 4.69) is 10.7 Å². The summed E-state index contributed by atoms with van der Waals surface area (Å²) in [6, 6.07) is -1.01. The molecule has 0 radical (unpaired) electrons. The Morgan fingerprint density at radius 1 is 1.38 bits per heavy atom. The van der Waals surface area contributed by atoms with Crippen molar-refractivity contribution in [2.75, 3.05) is 11.5 Å². The van der Waals surface area contributed by atoms with E-state index in [9.17, 15) is 9.59 Å². The molecule has 74 valence electrons. The van der Waals surface area contributed by atoms with Gasteiger partial charge in [0.25, 0.3) is 0 Å². The second-order valence-electron chi connectivity index (χ2n) is 2.65. The molecule has 1 unspecified atom stereocenters. The number of primary amides is 1. The summed E-state index contributed by atoms with van der Waals surface area (Å²) in [6.07, 6.45) is 0.967. The maximum Gasteiger partial charge on any atom is 0.333 e. The summed E-state index contributed by atoms with van der Waals surface area (Å²) in [5.41, 5.74) is 8.87. The summed E-state index contributed by atoms with van der Waals surface area (Å²) in [6.45, 7) is 0. The highest BCUT2D eigenvalue weighted by atomic mass is 32.2. The van der Waals surface area contributed by atoms with Gasteiger partial charge in [-0.1, -0.05) is 0 Å². The third-order valence-electron chi connectivity index (χ3n) is 1.56. The molecule has 1 saturated heterocycles. The number of carbonyl (C=O) groups excluding carboxylic acids is 2. The van der Waals surface area contributed by atoms with Crippen LogP contribution < -0.4 is 21.9 Å². The zero-order chi connectivity index (χ0) is 9.68. The Hall–Kier alpha value is -1.11. The van der Waals surface area contributed by atoms with Gasteiger partial charge in [0.05, 0.1) is 0 Å². The van der Waals surface area contributed by atoms with E-state index in [1.807, 2.05) is 5.43 Å². The third-order valence-corrected chi connectivity index (χ3v) is 2.73. The molecule has 4 amide bonds. The van der Waals surface area contributed by atoms with Crippen molar-refractivity contribution in [1.29, 1.82) is 0 Å². The van der Waals surface area contributed by atoms with Crippen molar-refractivity contribution in [3.05, 3.63) is 0 Å². The van der Waals surface area contributed by atoms with E-state index in [1.165, 1.54) is 0 Å². The molecule has 0 aromatic carbocycles. The minimum atomic E-state index is -0.782. The molecule has 6 nitrogen and oxygen atoms in total. The van der Waals surface area contributed by atoms with Gasteiger partial charge < -0.3 is 11.1 Å². The number of nitrogens with one attached hydrogen (secondary N) is 3. The van der Waals surface area contributed by atoms with Crippen molar-refractivity contribution in [3.63, 3.8) is 0 Å². The lowest BCUT2D eigenvalue weighted by Crippen LogP contribution is -2.51. The number of carbonyl (C=O) groups is 2. The first-order chi connectivity index (χ1) is 6.18. The summed E-state index contributed by atoms with van der Waals surface area (Å²) in [7, 11) is 0. The van der Waals surface area contributed by atoms with Gasteiger partial charge in [-0.05, 0) is 12.2 Å². The fourth-order valence-corrected chi connectivity index (χ4v) is 2.14. The minimum Gasteiger partial charge on any atom is -0.350 e. The van der Waals surface area contributed by atoms with Gasteiger partial charge in [0.15, 0.2) is 0 Å². The summed E-state index contributed by atoms with van der Waals surface area (Å²) in [4.78, 5) is 21.2. The monoisotopic (exact) mass is 204 g/mol. The fraction of sp³-hybridized carbons (Fsp3) is 0.667. The number of nitrogens with two attached hydrogens (primary N) is 1. The third kappa shape index (κ3) is 3.88. The molecule has 0 spiro atoms. The molecule has 1 aliphatic rings. The maximum atomic E-state index is 11.0. The van der Waals surface area contributed by atoms with E-state index in [4.69, 9.17) is 5.73 Å². The number of urea groups is 2. The molecule has 0 aromatic rings. The highest BCUT2D eigenvalue weighted by Crippen LogP contribution is 2.16. The Balaban J connectivity index is 2.13. The topological polar surface area (TPSA) is 96.2 Å². The van der Waals surface area contributed by atoms with Crippen molar-refractivity contribution in [2.24, 2.45) is 5.73 Å². The van der Waals surface area contributed by atoms with Gasteiger partial charge in [-0.3, -0.25) is 0 Å². The van der Waals surface area contributed by atoms with Gasteiger partial charge in [-0.25, -0.2) is 20.4 Å². The van der Waals surface area contributed by atoms with Gasteiger partial charge in [0.1, 0.15) is 0 Å². The van der Waals surface area contributed by atoms with Gasteiger partial charge in [-0.15, -0.1) is 0 Å². The molecule has 1 fully saturated rings. The molecule has 13 heavy (non-hydrogen) atoms. The van der Waals surface area contributed by atoms with E-state index >= 15 is 0 Å². The van der Waals surface area contributed by atoms with Crippen molar-refractivity contribution >= 4 is 23.8 Å². The standard InChI is InChI=1S/C6H12N4O2S/c7-5(11)9-10-6(12)8-4-1-2-13-3-4/h4H,1-3H2,(H3,7,9,11)(H2,8,10,12). The number of amides is 4. The highest BCUT2D eigenvalue weighted by molar-refractivity contribution is 7.99. The van der Waals surface area contributed by atoms with Gasteiger partial charge >= 0.3 is 12.1 Å². The average Bonchev–Trinajstić information content (AvgIpc) is 2.53. The minimum absolute atomic E-state index is 0.194. The largest absolute Gasteiger partial charge is 0.350 e. The molecule has 1 rings (SSSR count). The first kappa shape index (κ1) is 9.97. The van der Waals surface area contributed by atoms with Crippen LogP contribution >= 0.6 is 11.8 Å². The van der Waals surface area contributed by atoms with E-state index in [-0.39, 0.29) is 6.04 Å². The Labute approximate surface area is 80.0 Å². The summed E-state index contributed by atoms with van der Waals surface area (Å²) >= 11 is 1.79. The van der Waals surface area contributed by atoms with E-state index in [0.29, 0.717) is 0 Å². The molecule has 0 saturated carbocycles. The molecule has 0 aliphatic carbocycles. The molecule has 1 aliphatic heterocycles. The van der Waals surface area contributed by atoms with Crippen LogP contribution in [0.2, 0.25) is 0 Å². The van der Waals surface area contributed by atoms with Crippen LogP contribution in [-0.2, 0) is 0 Å². The van der Waals surface area contributed by atoms with Crippen molar-refractivity contribution < 1.29 is 9.59 Å². The zero-order valence-electron chi connectivity index (χ0n) is 7.00. The number of hydrogen-bond donors (Lipinski definition) is 4. The molecule has 1 heterocycles. The van der Waals surface area contributed by atoms with Crippen LogP contribution in [0.5, 0.6) is 0 Å².